The maximum atomic E-state index is 9.45. The molecule has 2 heteroatoms. The largest absolute Gasteiger partial charge is 0.508 e. The second kappa shape index (κ2) is 5.77. The Bertz CT molecular complexity index is 649. The first-order valence-corrected chi connectivity index (χ1v) is 8.36. The number of aromatic hydroxyl groups is 1. The molecule has 1 fully saturated rings. The average Bonchev–Trinajstić information content (AvgIpc) is 2.50. The highest BCUT2D eigenvalue weighted by Gasteiger charge is 2.31. The van der Waals surface area contributed by atoms with Gasteiger partial charge in [-0.05, 0) is 60.4 Å². The van der Waals surface area contributed by atoms with Crippen molar-refractivity contribution in [1.29, 1.82) is 0 Å². The van der Waals surface area contributed by atoms with Crippen molar-refractivity contribution in [3.63, 3.8) is 0 Å². The summed E-state index contributed by atoms with van der Waals surface area (Å²) in [5, 5.41) is 9.45. The van der Waals surface area contributed by atoms with E-state index >= 15 is 0 Å². The fraction of sp³-hybridized carbons (Fsp3) is 0.400. The number of benzene rings is 2. The molecule has 2 nitrogen and oxygen atoms in total. The second-order valence-corrected chi connectivity index (χ2v) is 6.87. The monoisotopic (exact) mass is 293 g/mol. The van der Waals surface area contributed by atoms with Crippen LogP contribution < -0.4 is 0 Å². The Morgan fingerprint density at radius 2 is 1.64 bits per heavy atom. The van der Waals surface area contributed by atoms with Crippen LogP contribution in [-0.4, -0.2) is 22.6 Å². The summed E-state index contributed by atoms with van der Waals surface area (Å²) in [6, 6.07) is 17.4. The van der Waals surface area contributed by atoms with Crippen molar-refractivity contribution in [2.75, 3.05) is 6.54 Å². The molecule has 0 radical (unpaired) electrons. The number of hydrogen-bond acceptors (Lipinski definition) is 2. The van der Waals surface area contributed by atoms with Crippen LogP contribution >= 0.6 is 0 Å². The fourth-order valence-corrected chi connectivity index (χ4v) is 4.13. The minimum Gasteiger partial charge on any atom is -0.508 e. The smallest absolute Gasteiger partial charge is 0.115 e. The van der Waals surface area contributed by atoms with Crippen LogP contribution in [0.3, 0.4) is 0 Å². The maximum absolute atomic E-state index is 9.45. The normalized spacial score (nSPS) is 24.5. The molecular weight excluding hydrogens is 270 g/mol. The molecule has 1 N–H and O–H groups in total. The molecule has 0 amide bonds. The van der Waals surface area contributed by atoms with E-state index in [1.165, 1.54) is 37.8 Å². The zero-order chi connectivity index (χ0) is 14.9. The van der Waals surface area contributed by atoms with Crippen LogP contribution in [0.2, 0.25) is 0 Å². The van der Waals surface area contributed by atoms with Crippen molar-refractivity contribution >= 4 is 0 Å². The highest BCUT2D eigenvalue weighted by atomic mass is 16.3. The topological polar surface area (TPSA) is 23.5 Å². The molecule has 2 bridgehead atoms. The summed E-state index contributed by atoms with van der Waals surface area (Å²) in [6.45, 7) is 2.21. The van der Waals surface area contributed by atoms with Crippen molar-refractivity contribution in [3.05, 3.63) is 65.2 Å². The van der Waals surface area contributed by atoms with E-state index in [9.17, 15) is 5.11 Å². The van der Waals surface area contributed by atoms with Gasteiger partial charge in [-0.1, -0.05) is 36.4 Å². The van der Waals surface area contributed by atoms with Crippen LogP contribution in [0.15, 0.2) is 48.5 Å². The Balaban J connectivity index is 1.57. The Hall–Kier alpha value is -1.80. The molecule has 5 rings (SSSR count). The highest BCUT2D eigenvalue weighted by Crippen LogP contribution is 2.33. The fourth-order valence-electron chi connectivity index (χ4n) is 4.13. The number of fused-ring (bicyclic) bond motifs is 2. The zero-order valence-electron chi connectivity index (χ0n) is 12.9. The lowest BCUT2D eigenvalue weighted by atomic mass is 9.80. The van der Waals surface area contributed by atoms with Crippen molar-refractivity contribution in [2.45, 2.75) is 38.3 Å². The number of phenols is 1. The third-order valence-corrected chi connectivity index (χ3v) is 5.32. The van der Waals surface area contributed by atoms with Gasteiger partial charge in [0.15, 0.2) is 0 Å². The minimum atomic E-state index is 0.354. The van der Waals surface area contributed by atoms with E-state index in [-0.39, 0.29) is 0 Å². The first kappa shape index (κ1) is 13.8. The Morgan fingerprint density at radius 3 is 2.41 bits per heavy atom. The Labute approximate surface area is 132 Å². The molecule has 22 heavy (non-hydrogen) atoms. The summed E-state index contributed by atoms with van der Waals surface area (Å²) in [7, 11) is 0. The Kier molecular flexibility index (Phi) is 3.63. The molecule has 2 aliphatic heterocycles. The molecule has 2 atom stereocenters. The van der Waals surface area contributed by atoms with E-state index in [0.717, 1.165) is 12.5 Å². The van der Waals surface area contributed by atoms with Crippen molar-refractivity contribution in [2.24, 2.45) is 5.92 Å². The highest BCUT2D eigenvalue weighted by molar-refractivity contribution is 5.30. The van der Waals surface area contributed by atoms with Crippen LogP contribution in [0, 0.1) is 5.92 Å². The van der Waals surface area contributed by atoms with Gasteiger partial charge in [0.05, 0.1) is 0 Å². The van der Waals surface area contributed by atoms with Crippen molar-refractivity contribution < 1.29 is 5.11 Å². The number of hydrogen-bond donors (Lipinski definition) is 1. The van der Waals surface area contributed by atoms with Crippen LogP contribution in [0.4, 0.5) is 0 Å². The minimum absolute atomic E-state index is 0.354. The summed E-state index contributed by atoms with van der Waals surface area (Å²) in [6.07, 6.45) is 5.10. The molecule has 3 aliphatic rings. The SMILES string of the molecule is Oc1ccc(CN2C[C@@H]3CC[C@H]2Cc2ccccc2C3)cc1. The van der Waals surface area contributed by atoms with E-state index < -0.39 is 0 Å². The van der Waals surface area contributed by atoms with E-state index in [0.29, 0.717) is 11.8 Å². The summed E-state index contributed by atoms with van der Waals surface area (Å²) in [5.74, 6) is 1.14. The summed E-state index contributed by atoms with van der Waals surface area (Å²) in [5.41, 5.74) is 4.42. The lowest BCUT2D eigenvalue weighted by molar-refractivity contribution is 0.0938. The van der Waals surface area contributed by atoms with E-state index in [1.54, 1.807) is 23.3 Å². The van der Waals surface area contributed by atoms with Gasteiger partial charge in [0.25, 0.3) is 0 Å². The second-order valence-electron chi connectivity index (χ2n) is 6.87. The summed E-state index contributed by atoms with van der Waals surface area (Å²) in [4.78, 5) is 2.66. The van der Waals surface area contributed by atoms with Crippen LogP contribution in [0.25, 0.3) is 0 Å². The molecule has 0 saturated carbocycles. The van der Waals surface area contributed by atoms with Gasteiger partial charge in [-0.25, -0.2) is 0 Å². The van der Waals surface area contributed by atoms with Gasteiger partial charge in [-0.15, -0.1) is 0 Å². The maximum Gasteiger partial charge on any atom is 0.115 e. The summed E-state index contributed by atoms with van der Waals surface area (Å²) >= 11 is 0. The molecular formula is C20H23NO. The predicted octanol–water partition coefficient (Wildman–Crippen LogP) is 3.77. The lowest BCUT2D eigenvalue weighted by Gasteiger charge is -2.42. The third-order valence-electron chi connectivity index (χ3n) is 5.32. The first-order valence-electron chi connectivity index (χ1n) is 8.36. The zero-order valence-corrected chi connectivity index (χ0v) is 12.9. The van der Waals surface area contributed by atoms with Crippen LogP contribution in [-0.2, 0) is 19.4 Å². The molecule has 0 aromatic heterocycles. The van der Waals surface area contributed by atoms with Gasteiger partial charge in [-0.3, -0.25) is 4.90 Å². The number of rotatable bonds is 2. The van der Waals surface area contributed by atoms with E-state index in [2.05, 4.69) is 41.3 Å². The lowest BCUT2D eigenvalue weighted by Crippen LogP contribution is -2.46. The molecule has 114 valence electrons. The van der Waals surface area contributed by atoms with Gasteiger partial charge >= 0.3 is 0 Å². The first-order chi connectivity index (χ1) is 10.8. The van der Waals surface area contributed by atoms with Gasteiger partial charge in [-0.2, -0.15) is 0 Å². The van der Waals surface area contributed by atoms with Gasteiger partial charge < -0.3 is 5.11 Å². The quantitative estimate of drug-likeness (QED) is 0.911. The number of piperidine rings is 1. The molecule has 2 heterocycles. The standard InChI is InChI=1S/C20H23NO/c22-20-9-6-15(7-10-20)13-21-14-16-5-8-19(21)12-18-4-2-1-3-17(18)11-16/h1-4,6-7,9-10,16,19,22H,5,8,11-14H2/t16-,19+/m1/s1. The molecule has 1 saturated heterocycles. The van der Waals surface area contributed by atoms with Crippen molar-refractivity contribution in [1.82, 2.24) is 4.90 Å². The molecule has 2 aromatic carbocycles. The third kappa shape index (κ3) is 2.76. The summed E-state index contributed by atoms with van der Waals surface area (Å²) < 4.78 is 0. The van der Waals surface area contributed by atoms with E-state index in [1.807, 2.05) is 0 Å². The molecule has 0 spiro atoms. The number of phenolic OH excluding ortho intramolecular Hbond substituents is 1. The molecule has 0 unspecified atom stereocenters. The van der Waals surface area contributed by atoms with Crippen LogP contribution in [0.5, 0.6) is 5.75 Å². The van der Waals surface area contributed by atoms with E-state index in [4.69, 9.17) is 0 Å². The van der Waals surface area contributed by atoms with Gasteiger partial charge in [0.1, 0.15) is 5.75 Å². The van der Waals surface area contributed by atoms with Gasteiger partial charge in [0.2, 0.25) is 0 Å². The predicted molar refractivity (Wildman–Crippen MR) is 88.9 cm³/mol. The van der Waals surface area contributed by atoms with Crippen LogP contribution in [0.1, 0.15) is 29.5 Å². The molecule has 1 aliphatic carbocycles. The Morgan fingerprint density at radius 1 is 0.909 bits per heavy atom. The molecule has 2 aromatic rings. The average molecular weight is 293 g/mol. The number of nitrogens with zero attached hydrogens (tertiary/aromatic N) is 1. The van der Waals surface area contributed by atoms with Crippen molar-refractivity contribution in [3.8, 4) is 5.75 Å². The van der Waals surface area contributed by atoms with Gasteiger partial charge in [0, 0.05) is 19.1 Å².